The molecule has 0 saturated heterocycles. The van der Waals surface area contributed by atoms with E-state index in [0.29, 0.717) is 0 Å². The first-order chi connectivity index (χ1) is 5.61. The monoisotopic (exact) mass is 238 g/mol. The van der Waals surface area contributed by atoms with E-state index in [0.717, 1.165) is 0 Å². The number of nitrogens with zero attached hydrogens (tertiary/aromatic N) is 2. The molecule has 4 nitrogen and oxygen atoms in total. The first-order valence-corrected chi connectivity index (χ1v) is 11.5. The van der Waals surface area contributed by atoms with Crippen LogP contribution in [-0.4, -0.2) is 61.0 Å². The molecule has 0 radical (unpaired) electrons. The van der Waals surface area contributed by atoms with Gasteiger partial charge in [-0.15, -0.1) is 0 Å². The highest BCUT2D eigenvalue weighted by Crippen LogP contribution is 1.80. The van der Waals surface area contributed by atoms with Crippen LogP contribution in [0.5, 0.6) is 0 Å². The molecule has 0 fully saturated rings. The van der Waals surface area contributed by atoms with Crippen LogP contribution in [0.15, 0.2) is 0 Å². The first-order valence-electron chi connectivity index (χ1n) is 4.44. The first kappa shape index (κ1) is 12.7. The van der Waals surface area contributed by atoms with Crippen molar-refractivity contribution in [2.75, 3.05) is 14.1 Å². The van der Waals surface area contributed by atoms with Gasteiger partial charge >= 0.3 is 0 Å². The third kappa shape index (κ3) is 5.37. The van der Waals surface area contributed by atoms with Gasteiger partial charge in [0, 0.05) is 0 Å². The summed E-state index contributed by atoms with van der Waals surface area (Å²) in [6.45, 7) is 4.67. The molecule has 0 bridgehead atoms. The van der Waals surface area contributed by atoms with Crippen molar-refractivity contribution < 1.29 is 0 Å². The molecule has 1 unspecified atom stereocenters. The molecule has 74 valence electrons. The van der Waals surface area contributed by atoms with Crippen LogP contribution < -0.4 is 10.0 Å². The second kappa shape index (κ2) is 7.14. The Hall–Kier alpha value is 0.708. The van der Waals surface area contributed by atoms with Gasteiger partial charge in [0.25, 0.3) is 0 Å². The van der Waals surface area contributed by atoms with Crippen molar-refractivity contribution in [3.8, 4) is 0 Å². The fourth-order valence-corrected chi connectivity index (χ4v) is 8.75. The van der Waals surface area contributed by atoms with Crippen molar-refractivity contribution in [2.24, 2.45) is 5.40 Å². The third-order valence-electron chi connectivity index (χ3n) is 2.15. The molecule has 0 rings (SSSR count). The van der Waals surface area contributed by atoms with Crippen molar-refractivity contribution in [1.29, 1.82) is 0 Å². The molecular weight excluding hydrogens is 216 g/mol. The van der Waals surface area contributed by atoms with Gasteiger partial charge < -0.3 is 18.5 Å². The predicted molar refractivity (Wildman–Crippen MR) is 67.4 cm³/mol. The van der Waals surface area contributed by atoms with Gasteiger partial charge in [-0.05, 0) is 20.6 Å². The lowest BCUT2D eigenvalue weighted by Gasteiger charge is -2.24. The second-order valence-electron chi connectivity index (χ2n) is 3.15. The Kier molecular flexibility index (Phi) is 7.56. The van der Waals surface area contributed by atoms with Gasteiger partial charge in [-0.25, -0.2) is 0 Å². The maximum Gasteiger partial charge on any atom is 0.171 e. The van der Waals surface area contributed by atoms with E-state index >= 15 is 0 Å². The largest absolute Gasteiger partial charge is 0.347 e. The summed E-state index contributed by atoms with van der Waals surface area (Å²) in [5.41, 5.74) is 0. The van der Waals surface area contributed by atoms with Crippen LogP contribution in [0.25, 0.3) is 0 Å². The van der Waals surface area contributed by atoms with Crippen LogP contribution in [0.1, 0.15) is 0 Å². The molecule has 0 aliphatic rings. The van der Waals surface area contributed by atoms with Gasteiger partial charge in [0.05, 0.1) is 9.68 Å². The van der Waals surface area contributed by atoms with E-state index in [1.165, 1.54) is 0 Å². The van der Waals surface area contributed by atoms with E-state index < -0.39 is 19.0 Å². The second-order valence-corrected chi connectivity index (χ2v) is 13.1. The number of hydrogen-bond donors (Lipinski definition) is 2. The molecule has 0 spiro atoms. The molecule has 0 aromatic rings. The zero-order valence-corrected chi connectivity index (χ0v) is 14.1. The highest BCUT2D eigenvalue weighted by atomic mass is 28.4. The Balaban J connectivity index is 3.49. The van der Waals surface area contributed by atoms with E-state index in [2.05, 4.69) is 40.3 Å². The topological polar surface area (TPSA) is 44.5 Å². The Morgan fingerprint density at radius 3 is 2.42 bits per heavy atom. The van der Waals surface area contributed by atoms with Crippen molar-refractivity contribution >= 4 is 38.5 Å². The van der Waals surface area contributed by atoms with Crippen molar-refractivity contribution in [1.82, 2.24) is 13.1 Å². The van der Waals surface area contributed by atoms with Gasteiger partial charge in [-0.2, -0.15) is 0 Å². The summed E-state index contributed by atoms with van der Waals surface area (Å²) < 4.78 is 8.63. The SMILES string of the molecule is C[SiH2]N(C)[SiH2]N[SiH](C)N(C)[SiH2]N. The molecule has 8 heteroatoms. The van der Waals surface area contributed by atoms with Crippen LogP contribution in [-0.2, 0) is 0 Å². The molecule has 3 N–H and O–H groups in total. The normalized spacial score (nSPS) is 17.2. The van der Waals surface area contributed by atoms with Gasteiger partial charge in [0.2, 0.25) is 0 Å². The summed E-state index contributed by atoms with van der Waals surface area (Å²) in [5, 5.41) is 5.68. The Morgan fingerprint density at radius 1 is 1.42 bits per heavy atom. The van der Waals surface area contributed by atoms with Crippen molar-refractivity contribution in [3.05, 3.63) is 0 Å². The van der Waals surface area contributed by atoms with Crippen LogP contribution >= 0.6 is 0 Å². The number of rotatable bonds is 6. The summed E-state index contributed by atoms with van der Waals surface area (Å²) in [7, 11) is 3.14. The van der Waals surface area contributed by atoms with Crippen molar-refractivity contribution in [2.45, 2.75) is 13.1 Å². The molecule has 12 heavy (non-hydrogen) atoms. The molecule has 0 amide bonds. The average molecular weight is 239 g/mol. The minimum absolute atomic E-state index is 0.0809. The Bertz CT molecular complexity index is 115. The Labute approximate surface area is 84.5 Å². The predicted octanol–water partition coefficient (Wildman–Crippen LogP) is -3.62. The van der Waals surface area contributed by atoms with Gasteiger partial charge in [0.15, 0.2) is 28.8 Å². The summed E-state index contributed by atoms with van der Waals surface area (Å²) in [4.78, 5) is 0. The molecule has 0 heterocycles. The quantitative estimate of drug-likeness (QED) is 0.469. The summed E-state index contributed by atoms with van der Waals surface area (Å²) in [6.07, 6.45) is 0. The molecule has 0 aromatic carbocycles. The van der Waals surface area contributed by atoms with E-state index in [-0.39, 0.29) is 19.5 Å². The van der Waals surface area contributed by atoms with Crippen LogP contribution in [0.2, 0.25) is 13.1 Å². The molecule has 1 atom stereocenters. The van der Waals surface area contributed by atoms with E-state index in [1.54, 1.807) is 0 Å². The van der Waals surface area contributed by atoms with Gasteiger partial charge in [-0.3, -0.25) is 0 Å². The maximum absolute atomic E-state index is 5.68. The lowest BCUT2D eigenvalue weighted by molar-refractivity contribution is 0.789. The number of nitrogens with one attached hydrogen (secondary N) is 1. The van der Waals surface area contributed by atoms with Crippen LogP contribution in [0.3, 0.4) is 0 Å². The smallest absolute Gasteiger partial charge is 0.171 e. The summed E-state index contributed by atoms with van der Waals surface area (Å²) in [6, 6.07) is 0. The highest BCUT2D eigenvalue weighted by molar-refractivity contribution is 6.68. The van der Waals surface area contributed by atoms with Crippen LogP contribution in [0.4, 0.5) is 0 Å². The van der Waals surface area contributed by atoms with E-state index in [9.17, 15) is 0 Å². The van der Waals surface area contributed by atoms with E-state index in [4.69, 9.17) is 5.40 Å². The maximum atomic E-state index is 5.68. The number of hydrogen-bond acceptors (Lipinski definition) is 4. The van der Waals surface area contributed by atoms with E-state index in [1.807, 2.05) is 0 Å². The number of nitrogens with two attached hydrogens (primary N) is 1. The standard InChI is InChI=1S/C4H22N4Si4/c1-7(9-3)11-6-12(4)8(2)10-5/h6,12H,5,9-11H2,1-4H3. The zero-order valence-electron chi connectivity index (χ0n) is 8.67. The molecular formula is C4H22N4Si4. The Morgan fingerprint density at radius 2 is 2.00 bits per heavy atom. The highest BCUT2D eigenvalue weighted by Gasteiger charge is 2.08. The molecule has 0 saturated carbocycles. The lowest BCUT2D eigenvalue weighted by atomic mass is 11.6. The fraction of sp³-hybridized carbons (Fsp3) is 1.00. The fourth-order valence-electron chi connectivity index (χ4n) is 0.714. The summed E-state index contributed by atoms with van der Waals surface area (Å²) >= 11 is 0. The molecule has 0 aromatic heterocycles. The van der Waals surface area contributed by atoms with Gasteiger partial charge in [0.1, 0.15) is 0 Å². The zero-order chi connectivity index (χ0) is 9.56. The average Bonchev–Trinajstić information content (AvgIpc) is 2.11. The van der Waals surface area contributed by atoms with Crippen molar-refractivity contribution in [3.63, 3.8) is 0 Å². The third-order valence-corrected chi connectivity index (χ3v) is 13.0. The van der Waals surface area contributed by atoms with Crippen LogP contribution in [0, 0.1) is 0 Å². The molecule has 0 aliphatic heterocycles. The summed E-state index contributed by atoms with van der Waals surface area (Å²) in [5.74, 6) is 0. The minimum Gasteiger partial charge on any atom is -0.347 e. The minimum atomic E-state index is -0.804. The van der Waals surface area contributed by atoms with Gasteiger partial charge in [-0.1, -0.05) is 6.55 Å². The molecule has 0 aliphatic carbocycles. The lowest BCUT2D eigenvalue weighted by Crippen LogP contribution is -2.54.